The van der Waals surface area contributed by atoms with Crippen molar-refractivity contribution in [1.82, 2.24) is 10.2 Å². The molecule has 1 saturated carbocycles. The lowest BCUT2D eigenvalue weighted by molar-refractivity contribution is 0.176. The van der Waals surface area contributed by atoms with E-state index in [0.29, 0.717) is 17.3 Å². The van der Waals surface area contributed by atoms with Crippen LogP contribution in [0.25, 0.3) is 0 Å². The molecule has 0 radical (unpaired) electrons. The number of urea groups is 1. The van der Waals surface area contributed by atoms with Crippen LogP contribution >= 0.6 is 11.8 Å². The molecule has 2 amide bonds. The van der Waals surface area contributed by atoms with Gasteiger partial charge in [-0.25, -0.2) is 4.79 Å². The third kappa shape index (κ3) is 2.65. The molecule has 1 aliphatic carbocycles. The van der Waals surface area contributed by atoms with Crippen molar-refractivity contribution in [1.29, 1.82) is 0 Å². The van der Waals surface area contributed by atoms with Crippen molar-refractivity contribution in [3.05, 3.63) is 0 Å². The van der Waals surface area contributed by atoms with E-state index in [1.807, 2.05) is 16.7 Å². The lowest BCUT2D eigenvalue weighted by Crippen LogP contribution is -2.53. The van der Waals surface area contributed by atoms with Crippen LogP contribution in [0.1, 0.15) is 39.5 Å². The number of nitrogens with zero attached hydrogens (tertiary/aromatic N) is 1. The smallest absolute Gasteiger partial charge is 0.317 e. The molecule has 2 rings (SSSR count). The maximum absolute atomic E-state index is 12.1. The summed E-state index contributed by atoms with van der Waals surface area (Å²) in [7, 11) is 0. The number of rotatable bonds is 1. The first kappa shape index (κ1) is 12.1. The Kier molecular flexibility index (Phi) is 4.00. The molecule has 1 saturated heterocycles. The quantitative estimate of drug-likeness (QED) is 0.766. The van der Waals surface area contributed by atoms with Crippen molar-refractivity contribution < 1.29 is 4.79 Å². The summed E-state index contributed by atoms with van der Waals surface area (Å²) in [6.07, 6.45) is 4.87. The average Bonchev–Trinajstić information content (AvgIpc) is 2.74. The molecule has 1 aliphatic heterocycles. The molecule has 2 atom stereocenters. The molecule has 4 heteroatoms. The van der Waals surface area contributed by atoms with Gasteiger partial charge >= 0.3 is 6.03 Å². The molecule has 1 heterocycles. The van der Waals surface area contributed by atoms with Crippen LogP contribution in [0.4, 0.5) is 4.79 Å². The monoisotopic (exact) mass is 242 g/mol. The van der Waals surface area contributed by atoms with Crippen molar-refractivity contribution in [2.24, 2.45) is 0 Å². The fourth-order valence-electron chi connectivity index (χ4n) is 2.55. The van der Waals surface area contributed by atoms with Gasteiger partial charge < -0.3 is 10.2 Å². The van der Waals surface area contributed by atoms with E-state index in [2.05, 4.69) is 19.2 Å². The second-order valence-electron chi connectivity index (χ2n) is 4.94. The normalized spacial score (nSPS) is 31.8. The van der Waals surface area contributed by atoms with Crippen LogP contribution in [0.5, 0.6) is 0 Å². The van der Waals surface area contributed by atoms with Gasteiger partial charge in [0.2, 0.25) is 0 Å². The summed E-state index contributed by atoms with van der Waals surface area (Å²) in [6.45, 7) is 5.27. The maximum atomic E-state index is 12.1. The molecule has 0 aromatic heterocycles. The topological polar surface area (TPSA) is 32.3 Å². The predicted molar refractivity (Wildman–Crippen MR) is 68.9 cm³/mol. The number of thioether (sulfide) groups is 1. The third-order valence-electron chi connectivity index (χ3n) is 3.83. The van der Waals surface area contributed by atoms with Gasteiger partial charge in [0.1, 0.15) is 0 Å². The molecule has 16 heavy (non-hydrogen) atoms. The minimum Gasteiger partial charge on any atom is -0.335 e. The first-order chi connectivity index (χ1) is 7.68. The SMILES string of the molecule is CC1SCCN(C(=O)NC2CCCC2)C1C. The Balaban J connectivity index is 1.87. The summed E-state index contributed by atoms with van der Waals surface area (Å²) in [4.78, 5) is 14.1. The van der Waals surface area contributed by atoms with Gasteiger partial charge in [0.25, 0.3) is 0 Å². The molecule has 0 bridgehead atoms. The molecule has 92 valence electrons. The second kappa shape index (κ2) is 5.30. The molecule has 3 nitrogen and oxygen atoms in total. The van der Waals surface area contributed by atoms with Crippen molar-refractivity contribution in [3.63, 3.8) is 0 Å². The van der Waals surface area contributed by atoms with E-state index in [0.717, 1.165) is 25.1 Å². The van der Waals surface area contributed by atoms with Crippen molar-refractivity contribution in [2.45, 2.75) is 56.9 Å². The van der Waals surface area contributed by atoms with E-state index < -0.39 is 0 Å². The summed E-state index contributed by atoms with van der Waals surface area (Å²) in [6, 6.07) is 0.955. The van der Waals surface area contributed by atoms with Crippen LogP contribution in [0.3, 0.4) is 0 Å². The van der Waals surface area contributed by atoms with Gasteiger partial charge in [-0.2, -0.15) is 11.8 Å². The number of carbonyl (C=O) groups is 1. The minimum absolute atomic E-state index is 0.159. The van der Waals surface area contributed by atoms with E-state index in [9.17, 15) is 4.79 Å². The van der Waals surface area contributed by atoms with Gasteiger partial charge in [-0.05, 0) is 19.8 Å². The van der Waals surface area contributed by atoms with Crippen molar-refractivity contribution in [2.75, 3.05) is 12.3 Å². The summed E-state index contributed by atoms with van der Waals surface area (Å²) >= 11 is 1.97. The average molecular weight is 242 g/mol. The number of carbonyl (C=O) groups excluding carboxylic acids is 1. The Morgan fingerprint density at radius 3 is 2.69 bits per heavy atom. The van der Waals surface area contributed by atoms with Crippen LogP contribution in [0, 0.1) is 0 Å². The minimum atomic E-state index is 0.159. The largest absolute Gasteiger partial charge is 0.335 e. The lowest BCUT2D eigenvalue weighted by Gasteiger charge is -2.38. The summed E-state index contributed by atoms with van der Waals surface area (Å²) < 4.78 is 0. The van der Waals surface area contributed by atoms with Gasteiger partial charge in [-0.3, -0.25) is 0 Å². The van der Waals surface area contributed by atoms with E-state index >= 15 is 0 Å². The molecule has 2 aliphatic rings. The van der Waals surface area contributed by atoms with E-state index in [-0.39, 0.29) is 6.03 Å². The molecule has 1 N–H and O–H groups in total. The molecule has 0 aromatic carbocycles. The number of nitrogens with one attached hydrogen (secondary N) is 1. The number of amides is 2. The maximum Gasteiger partial charge on any atom is 0.317 e. The molecule has 0 spiro atoms. The van der Waals surface area contributed by atoms with E-state index in [4.69, 9.17) is 0 Å². The Morgan fingerprint density at radius 2 is 2.00 bits per heavy atom. The summed E-state index contributed by atoms with van der Waals surface area (Å²) in [5.41, 5.74) is 0. The highest BCUT2D eigenvalue weighted by Crippen LogP contribution is 2.25. The molecule has 2 unspecified atom stereocenters. The van der Waals surface area contributed by atoms with Crippen LogP contribution in [0.15, 0.2) is 0 Å². The van der Waals surface area contributed by atoms with Gasteiger partial charge in [-0.15, -0.1) is 0 Å². The lowest BCUT2D eigenvalue weighted by atomic mass is 10.2. The Morgan fingerprint density at radius 1 is 1.31 bits per heavy atom. The fourth-order valence-corrected chi connectivity index (χ4v) is 3.65. The zero-order chi connectivity index (χ0) is 11.5. The van der Waals surface area contributed by atoms with Crippen molar-refractivity contribution in [3.8, 4) is 0 Å². The Bertz CT molecular complexity index is 253. The Labute approximate surface area is 102 Å². The first-order valence-corrected chi connectivity index (χ1v) is 7.42. The number of hydrogen-bond acceptors (Lipinski definition) is 2. The second-order valence-corrected chi connectivity index (χ2v) is 6.43. The van der Waals surface area contributed by atoms with E-state index in [1.165, 1.54) is 12.8 Å². The first-order valence-electron chi connectivity index (χ1n) is 6.37. The molecule has 2 fully saturated rings. The predicted octanol–water partition coefficient (Wildman–Crippen LogP) is 2.46. The summed E-state index contributed by atoms with van der Waals surface area (Å²) in [5, 5.41) is 3.74. The van der Waals surface area contributed by atoms with Crippen LogP contribution in [-0.4, -0.2) is 40.6 Å². The highest BCUT2D eigenvalue weighted by atomic mass is 32.2. The zero-order valence-corrected chi connectivity index (χ0v) is 11.1. The van der Waals surface area contributed by atoms with E-state index in [1.54, 1.807) is 0 Å². The zero-order valence-electron chi connectivity index (χ0n) is 10.2. The van der Waals surface area contributed by atoms with Crippen LogP contribution in [0.2, 0.25) is 0 Å². The van der Waals surface area contributed by atoms with Gasteiger partial charge in [0, 0.05) is 29.6 Å². The standard InChI is InChI=1S/C12H22N2OS/c1-9-10(2)16-8-7-14(9)12(15)13-11-5-3-4-6-11/h9-11H,3-8H2,1-2H3,(H,13,15). The number of hydrogen-bond donors (Lipinski definition) is 1. The molecular formula is C12H22N2OS. The van der Waals surface area contributed by atoms with Crippen molar-refractivity contribution >= 4 is 17.8 Å². The van der Waals surface area contributed by atoms with Gasteiger partial charge in [0.05, 0.1) is 0 Å². The highest BCUT2D eigenvalue weighted by Gasteiger charge is 2.30. The fraction of sp³-hybridized carbons (Fsp3) is 0.917. The van der Waals surface area contributed by atoms with Crippen LogP contribution < -0.4 is 5.32 Å². The van der Waals surface area contributed by atoms with Gasteiger partial charge in [-0.1, -0.05) is 19.8 Å². The Hall–Kier alpha value is -0.380. The molecule has 0 aromatic rings. The molecular weight excluding hydrogens is 220 g/mol. The van der Waals surface area contributed by atoms with Crippen LogP contribution in [-0.2, 0) is 0 Å². The third-order valence-corrected chi connectivity index (χ3v) is 5.17. The highest BCUT2D eigenvalue weighted by molar-refractivity contribution is 8.00. The summed E-state index contributed by atoms with van der Waals surface area (Å²) in [5.74, 6) is 1.07. The van der Waals surface area contributed by atoms with Gasteiger partial charge in [0.15, 0.2) is 0 Å².